The molecule has 0 saturated carbocycles. The minimum absolute atomic E-state index is 0. The summed E-state index contributed by atoms with van der Waals surface area (Å²) in [6.45, 7) is 0. The Morgan fingerprint density at radius 2 is 1.57 bits per heavy atom. The van der Waals surface area contributed by atoms with Crippen LogP contribution in [0.25, 0.3) is 0 Å². The second kappa shape index (κ2) is 4.57. The van der Waals surface area contributed by atoms with Gasteiger partial charge in [-0.25, -0.2) is 0 Å². The maximum absolute atomic E-state index is 3.78. The predicted molar refractivity (Wildman–Crippen MR) is 32.2 cm³/mol. The number of rotatable bonds is 0. The van der Waals surface area contributed by atoms with E-state index in [-0.39, 0.29) is 40.6 Å². The van der Waals surface area contributed by atoms with Gasteiger partial charge < -0.3 is 2.85 Å². The van der Waals surface area contributed by atoms with Gasteiger partial charge in [-0.3, -0.25) is 4.98 Å². The zero-order valence-corrected chi connectivity index (χ0v) is 6.25. The van der Waals surface area contributed by atoms with Gasteiger partial charge in [0.2, 0.25) is 0 Å². The van der Waals surface area contributed by atoms with E-state index in [1.54, 1.807) is 12.4 Å². The molecule has 1 aromatic rings. The monoisotopic (exact) mass is 121 g/mol. The number of aromatic nitrogens is 1. The van der Waals surface area contributed by atoms with Gasteiger partial charge in [-0.2, -0.15) is 0 Å². The number of hydrogen-bond acceptors (Lipinski definition) is 1. The summed E-state index contributed by atoms with van der Waals surface area (Å²) in [6.07, 6.45) is 3.50. The Balaban J connectivity index is -0.000000120. The molecule has 1 rings (SSSR count). The Kier molecular flexibility index (Phi) is 4.83. The average molecular weight is 121 g/mol. The summed E-state index contributed by atoms with van der Waals surface area (Å²) in [5.41, 5.74) is 0. The van der Waals surface area contributed by atoms with Gasteiger partial charge >= 0.3 is 37.7 Å². The van der Waals surface area contributed by atoms with Gasteiger partial charge in [0.1, 0.15) is 0 Å². The van der Waals surface area contributed by atoms with E-state index in [1.165, 1.54) is 0 Å². The summed E-state index contributed by atoms with van der Waals surface area (Å²) < 4.78 is 0. The minimum Gasteiger partial charge on any atom is -1.00 e. The van der Waals surface area contributed by atoms with Crippen molar-refractivity contribution in [2.45, 2.75) is 0 Å². The van der Waals surface area contributed by atoms with Crippen molar-refractivity contribution in [2.75, 3.05) is 0 Å². The largest absolute Gasteiger partial charge is 2.00 e. The molecule has 2 heteroatoms. The van der Waals surface area contributed by atoms with Gasteiger partial charge in [-0.1, -0.05) is 6.07 Å². The normalized spacial score (nSPS) is 6.86. The molecule has 0 aromatic carbocycles. The van der Waals surface area contributed by atoms with Crippen LogP contribution in [0.4, 0.5) is 0 Å². The zero-order valence-electron chi connectivity index (χ0n) is 6.04. The average Bonchev–Trinajstić information content (AvgIpc) is 1.72. The van der Waals surface area contributed by atoms with Crippen LogP contribution in [0.2, 0.25) is 0 Å². The Labute approximate surface area is 75.7 Å². The van der Waals surface area contributed by atoms with E-state index in [0.717, 1.165) is 0 Å². The smallest absolute Gasteiger partial charge is 1.00 e. The van der Waals surface area contributed by atoms with Crippen LogP contribution < -0.4 is 0 Å². The van der Waals surface area contributed by atoms with Crippen molar-refractivity contribution in [1.29, 1.82) is 0 Å². The molecule has 0 fully saturated rings. The number of nitrogens with zero attached hydrogens (tertiary/aromatic N) is 1. The van der Waals surface area contributed by atoms with E-state index < -0.39 is 0 Å². The SMILES string of the molecule is [Ca+2].[H-].[H-].c1ccncc1. The van der Waals surface area contributed by atoms with Crippen molar-refractivity contribution in [3.8, 4) is 0 Å². The first-order chi connectivity index (χ1) is 3.00. The summed E-state index contributed by atoms with van der Waals surface area (Å²) in [7, 11) is 0. The molecule has 0 aliphatic rings. The molecule has 0 saturated heterocycles. The Morgan fingerprint density at radius 3 is 1.71 bits per heavy atom. The van der Waals surface area contributed by atoms with Gasteiger partial charge in [-0.05, 0) is 12.1 Å². The fourth-order valence-corrected chi connectivity index (χ4v) is 0.313. The fraction of sp³-hybridized carbons (Fsp3) is 0. The van der Waals surface area contributed by atoms with Crippen LogP contribution in [0.1, 0.15) is 2.85 Å². The van der Waals surface area contributed by atoms with Gasteiger partial charge in [-0.15, -0.1) is 0 Å². The molecule has 1 aromatic heterocycles. The van der Waals surface area contributed by atoms with Crippen LogP contribution in [0, 0.1) is 0 Å². The molecule has 0 aliphatic carbocycles. The third kappa shape index (κ3) is 3.03. The summed E-state index contributed by atoms with van der Waals surface area (Å²) >= 11 is 0. The quantitative estimate of drug-likeness (QED) is 0.465. The Bertz CT molecular complexity index is 86.9. The standard InChI is InChI=1S/C5H5N.Ca.2H/c1-2-4-6-5-3-1;;;/h1-5H;;;/q;+2;2*-1. The first-order valence-corrected chi connectivity index (χ1v) is 1.85. The van der Waals surface area contributed by atoms with Crippen molar-refractivity contribution in [2.24, 2.45) is 0 Å². The van der Waals surface area contributed by atoms with Crippen molar-refractivity contribution in [3.63, 3.8) is 0 Å². The number of hydrogen-bond donors (Lipinski definition) is 0. The van der Waals surface area contributed by atoms with Crippen LogP contribution in [-0.4, -0.2) is 42.7 Å². The molecular weight excluding hydrogens is 114 g/mol. The molecular formula is C5H7CaN. The molecule has 0 amide bonds. The summed E-state index contributed by atoms with van der Waals surface area (Å²) in [5.74, 6) is 0. The molecule has 0 radical (unpaired) electrons. The second-order valence-corrected chi connectivity index (χ2v) is 1.02. The topological polar surface area (TPSA) is 12.9 Å². The van der Waals surface area contributed by atoms with Crippen molar-refractivity contribution < 1.29 is 2.85 Å². The van der Waals surface area contributed by atoms with Gasteiger partial charge in [0, 0.05) is 12.4 Å². The second-order valence-electron chi connectivity index (χ2n) is 1.02. The van der Waals surface area contributed by atoms with Gasteiger partial charge in [0.15, 0.2) is 0 Å². The minimum atomic E-state index is 0. The van der Waals surface area contributed by atoms with Crippen LogP contribution in [0.15, 0.2) is 30.6 Å². The van der Waals surface area contributed by atoms with Crippen LogP contribution in [0.5, 0.6) is 0 Å². The molecule has 0 atom stereocenters. The van der Waals surface area contributed by atoms with Crippen molar-refractivity contribution in [1.82, 2.24) is 4.98 Å². The van der Waals surface area contributed by atoms with E-state index >= 15 is 0 Å². The van der Waals surface area contributed by atoms with E-state index in [4.69, 9.17) is 0 Å². The summed E-state index contributed by atoms with van der Waals surface area (Å²) in [5, 5.41) is 0. The Morgan fingerprint density at radius 1 is 1.00 bits per heavy atom. The maximum atomic E-state index is 3.78. The molecule has 0 spiro atoms. The zero-order chi connectivity index (χ0) is 4.24. The third-order valence-corrected chi connectivity index (χ3v) is 0.566. The van der Waals surface area contributed by atoms with E-state index in [9.17, 15) is 0 Å². The number of pyridine rings is 1. The van der Waals surface area contributed by atoms with Gasteiger partial charge in [0.25, 0.3) is 0 Å². The van der Waals surface area contributed by atoms with Crippen LogP contribution in [0.3, 0.4) is 0 Å². The molecule has 0 unspecified atom stereocenters. The van der Waals surface area contributed by atoms with Crippen molar-refractivity contribution >= 4 is 37.7 Å². The van der Waals surface area contributed by atoms with E-state index in [1.807, 2.05) is 18.2 Å². The summed E-state index contributed by atoms with van der Waals surface area (Å²) in [4.78, 5) is 3.78. The van der Waals surface area contributed by atoms with Crippen molar-refractivity contribution in [3.05, 3.63) is 30.6 Å². The molecule has 1 nitrogen and oxygen atoms in total. The van der Waals surface area contributed by atoms with E-state index in [0.29, 0.717) is 0 Å². The summed E-state index contributed by atoms with van der Waals surface area (Å²) in [6, 6.07) is 5.72. The molecule has 7 heavy (non-hydrogen) atoms. The molecule has 1 heterocycles. The molecule has 0 aliphatic heterocycles. The predicted octanol–water partition coefficient (Wildman–Crippen LogP) is 0.926. The van der Waals surface area contributed by atoms with Crippen LogP contribution in [-0.2, 0) is 0 Å². The molecule has 34 valence electrons. The first-order valence-electron chi connectivity index (χ1n) is 1.85. The van der Waals surface area contributed by atoms with E-state index in [2.05, 4.69) is 4.98 Å². The Hall–Kier alpha value is 0.410. The third-order valence-electron chi connectivity index (χ3n) is 0.566. The molecule has 0 bridgehead atoms. The molecule has 0 N–H and O–H groups in total. The first kappa shape index (κ1) is 7.41. The fourth-order valence-electron chi connectivity index (χ4n) is 0.313. The maximum Gasteiger partial charge on any atom is 2.00 e. The van der Waals surface area contributed by atoms with Crippen LogP contribution >= 0.6 is 0 Å². The van der Waals surface area contributed by atoms with Gasteiger partial charge in [0.05, 0.1) is 0 Å².